The summed E-state index contributed by atoms with van der Waals surface area (Å²) in [4.78, 5) is 17.5. The molecule has 0 spiro atoms. The maximum absolute atomic E-state index is 11.9. The highest BCUT2D eigenvalue weighted by molar-refractivity contribution is 5.67. The minimum absolute atomic E-state index is 0.349. The Bertz CT molecular complexity index is 427. The van der Waals surface area contributed by atoms with Crippen LogP contribution in [0, 0.1) is 0 Å². The number of hydrogen-bond acceptors (Lipinski definition) is 4. The van der Waals surface area contributed by atoms with E-state index in [2.05, 4.69) is 0 Å². The number of amides is 1. The first-order valence-corrected chi connectivity index (χ1v) is 6.34. The highest BCUT2D eigenvalue weighted by Gasteiger charge is 2.23. The largest absolute Gasteiger partial charge is 0.443 e. The molecule has 106 valence electrons. The van der Waals surface area contributed by atoms with Crippen molar-refractivity contribution in [2.45, 2.75) is 39.8 Å². The molecule has 0 aliphatic rings. The van der Waals surface area contributed by atoms with Crippen molar-refractivity contribution in [1.29, 1.82) is 0 Å². The van der Waals surface area contributed by atoms with Crippen LogP contribution < -0.4 is 10.6 Å². The number of carbonyl (C=O) groups is 1. The zero-order valence-electron chi connectivity index (χ0n) is 12.0. The molecule has 5 heteroatoms. The van der Waals surface area contributed by atoms with Crippen molar-refractivity contribution in [3.63, 3.8) is 0 Å². The zero-order valence-corrected chi connectivity index (χ0v) is 12.0. The van der Waals surface area contributed by atoms with Crippen LogP contribution in [-0.2, 0) is 11.3 Å². The van der Waals surface area contributed by atoms with Crippen molar-refractivity contribution >= 4 is 6.09 Å². The van der Waals surface area contributed by atoms with Gasteiger partial charge in [0.1, 0.15) is 5.60 Å². The van der Waals surface area contributed by atoms with E-state index < -0.39 is 11.7 Å². The second-order valence-corrected chi connectivity index (χ2v) is 5.08. The molecule has 0 atom stereocenters. The molecule has 2 N–H and O–H groups in total. The fourth-order valence-electron chi connectivity index (χ4n) is 1.42. The van der Waals surface area contributed by atoms with Gasteiger partial charge in [-0.2, -0.15) is 0 Å². The van der Waals surface area contributed by atoms with Crippen LogP contribution in [0.2, 0.25) is 0 Å². The van der Waals surface area contributed by atoms with Crippen LogP contribution in [-0.4, -0.2) is 23.3 Å². The van der Waals surface area contributed by atoms with E-state index in [0.717, 1.165) is 5.56 Å². The molecule has 0 aliphatic carbocycles. The lowest BCUT2D eigenvalue weighted by atomic mass is 10.2. The average Bonchev–Trinajstić information content (AvgIpc) is 2.34. The van der Waals surface area contributed by atoms with Gasteiger partial charge in [-0.15, -0.1) is 5.06 Å². The van der Waals surface area contributed by atoms with Crippen LogP contribution in [0.5, 0.6) is 5.75 Å². The van der Waals surface area contributed by atoms with Crippen LogP contribution in [0.4, 0.5) is 4.79 Å². The van der Waals surface area contributed by atoms with E-state index in [1.54, 1.807) is 6.07 Å². The third kappa shape index (κ3) is 4.79. The van der Waals surface area contributed by atoms with E-state index in [9.17, 15) is 4.79 Å². The lowest BCUT2D eigenvalue weighted by Gasteiger charge is -2.26. The SMILES string of the molecule is CCN(Oc1ccccc1CN)C(=O)OC(C)(C)C. The summed E-state index contributed by atoms with van der Waals surface area (Å²) >= 11 is 0. The molecule has 19 heavy (non-hydrogen) atoms. The van der Waals surface area contributed by atoms with E-state index in [-0.39, 0.29) is 0 Å². The minimum Gasteiger partial charge on any atom is -0.442 e. The number of ether oxygens (including phenoxy) is 1. The second-order valence-electron chi connectivity index (χ2n) is 5.08. The Morgan fingerprint density at radius 1 is 1.32 bits per heavy atom. The maximum atomic E-state index is 11.9. The van der Waals surface area contributed by atoms with Crippen molar-refractivity contribution in [1.82, 2.24) is 5.06 Å². The Labute approximate surface area is 114 Å². The van der Waals surface area contributed by atoms with Gasteiger partial charge in [0.25, 0.3) is 0 Å². The highest BCUT2D eigenvalue weighted by atomic mass is 16.7. The van der Waals surface area contributed by atoms with E-state index in [0.29, 0.717) is 18.8 Å². The smallest absolute Gasteiger partial charge is 0.442 e. The van der Waals surface area contributed by atoms with E-state index in [1.165, 1.54) is 5.06 Å². The van der Waals surface area contributed by atoms with E-state index in [4.69, 9.17) is 15.3 Å². The molecule has 0 aromatic heterocycles. The summed E-state index contributed by atoms with van der Waals surface area (Å²) in [6.45, 7) is 7.98. The van der Waals surface area contributed by atoms with Gasteiger partial charge in [0.15, 0.2) is 5.75 Å². The van der Waals surface area contributed by atoms with Gasteiger partial charge in [0.05, 0.1) is 6.54 Å². The predicted octanol–water partition coefficient (Wildman–Crippen LogP) is 2.70. The van der Waals surface area contributed by atoms with Crippen LogP contribution in [0.15, 0.2) is 24.3 Å². The fraction of sp³-hybridized carbons (Fsp3) is 0.500. The molecular weight excluding hydrogens is 244 g/mol. The highest BCUT2D eigenvalue weighted by Crippen LogP contribution is 2.19. The van der Waals surface area contributed by atoms with E-state index >= 15 is 0 Å². The van der Waals surface area contributed by atoms with Gasteiger partial charge in [0, 0.05) is 12.1 Å². The number of nitrogens with zero attached hydrogens (tertiary/aromatic N) is 1. The quantitative estimate of drug-likeness (QED) is 0.851. The summed E-state index contributed by atoms with van der Waals surface area (Å²) in [6.07, 6.45) is -0.512. The minimum atomic E-state index is -0.554. The van der Waals surface area contributed by atoms with Crippen molar-refractivity contribution in [3.8, 4) is 5.75 Å². The Balaban J connectivity index is 2.79. The van der Waals surface area contributed by atoms with Crippen LogP contribution in [0.3, 0.4) is 0 Å². The zero-order chi connectivity index (χ0) is 14.5. The first-order valence-electron chi connectivity index (χ1n) is 6.34. The molecule has 0 unspecified atom stereocenters. The molecule has 0 radical (unpaired) electrons. The molecule has 0 bridgehead atoms. The maximum Gasteiger partial charge on any atom is 0.443 e. The number of benzene rings is 1. The van der Waals surface area contributed by atoms with Gasteiger partial charge in [-0.25, -0.2) is 4.79 Å². The fourth-order valence-corrected chi connectivity index (χ4v) is 1.42. The van der Waals surface area contributed by atoms with Crippen LogP contribution in [0.25, 0.3) is 0 Å². The number of carbonyl (C=O) groups excluding carboxylic acids is 1. The third-order valence-corrected chi connectivity index (χ3v) is 2.29. The van der Waals surface area contributed by atoms with Crippen molar-refractivity contribution in [3.05, 3.63) is 29.8 Å². The summed E-state index contributed by atoms with van der Waals surface area (Å²) in [5.74, 6) is 0.567. The summed E-state index contributed by atoms with van der Waals surface area (Å²) in [5, 5.41) is 1.18. The van der Waals surface area contributed by atoms with Crippen molar-refractivity contribution in [2.24, 2.45) is 5.73 Å². The summed E-state index contributed by atoms with van der Waals surface area (Å²) in [5.41, 5.74) is 5.91. The molecule has 0 saturated heterocycles. The molecule has 0 fully saturated rings. The summed E-state index contributed by atoms with van der Waals surface area (Å²) in [7, 11) is 0. The molecule has 1 rings (SSSR count). The van der Waals surface area contributed by atoms with Gasteiger partial charge in [-0.3, -0.25) is 0 Å². The Morgan fingerprint density at radius 2 is 1.95 bits per heavy atom. The molecule has 0 aliphatic heterocycles. The number of hydroxylamine groups is 2. The first-order chi connectivity index (χ1) is 8.87. The topological polar surface area (TPSA) is 64.8 Å². The van der Waals surface area contributed by atoms with Crippen LogP contribution in [0.1, 0.15) is 33.3 Å². The predicted molar refractivity (Wildman–Crippen MR) is 73.6 cm³/mol. The molecule has 0 heterocycles. The number of nitrogens with two attached hydrogens (primary N) is 1. The monoisotopic (exact) mass is 266 g/mol. The molecule has 1 aromatic rings. The van der Waals surface area contributed by atoms with Gasteiger partial charge >= 0.3 is 6.09 Å². The van der Waals surface area contributed by atoms with Gasteiger partial charge in [-0.1, -0.05) is 18.2 Å². The van der Waals surface area contributed by atoms with Crippen molar-refractivity contribution < 1.29 is 14.4 Å². The standard InChI is InChI=1S/C14H22N2O3/c1-5-16(13(17)18-14(2,3)4)19-12-9-7-6-8-11(12)10-15/h6-9H,5,10,15H2,1-4H3. The van der Waals surface area contributed by atoms with Gasteiger partial charge in [0.2, 0.25) is 0 Å². The first kappa shape index (κ1) is 15.3. The summed E-state index contributed by atoms with van der Waals surface area (Å²) in [6, 6.07) is 7.34. The van der Waals surface area contributed by atoms with E-state index in [1.807, 2.05) is 45.9 Å². The lowest BCUT2D eigenvalue weighted by molar-refractivity contribution is -0.0698. The Kier molecular flexibility index (Phi) is 5.18. The molecule has 5 nitrogen and oxygen atoms in total. The second kappa shape index (κ2) is 6.43. The molecular formula is C14H22N2O3. The summed E-state index contributed by atoms with van der Waals surface area (Å²) < 4.78 is 5.27. The van der Waals surface area contributed by atoms with Gasteiger partial charge < -0.3 is 15.3 Å². The molecule has 1 amide bonds. The van der Waals surface area contributed by atoms with Crippen molar-refractivity contribution in [2.75, 3.05) is 6.54 Å². The number of para-hydroxylation sites is 1. The molecule has 1 aromatic carbocycles. The Hall–Kier alpha value is -1.75. The normalized spacial score (nSPS) is 11.0. The average molecular weight is 266 g/mol. The van der Waals surface area contributed by atoms with Gasteiger partial charge in [-0.05, 0) is 33.8 Å². The van der Waals surface area contributed by atoms with Crippen LogP contribution >= 0.6 is 0 Å². The third-order valence-electron chi connectivity index (χ3n) is 2.29. The Morgan fingerprint density at radius 3 is 2.47 bits per heavy atom. The number of rotatable bonds is 4. The molecule has 0 saturated carbocycles. The number of hydrogen-bond donors (Lipinski definition) is 1. The lowest BCUT2D eigenvalue weighted by Crippen LogP contribution is -2.39.